The van der Waals surface area contributed by atoms with E-state index in [0.29, 0.717) is 18.0 Å². The third-order valence-electron chi connectivity index (χ3n) is 5.22. The van der Waals surface area contributed by atoms with Gasteiger partial charge in [0, 0.05) is 34.1 Å². The van der Waals surface area contributed by atoms with Crippen molar-refractivity contribution >= 4 is 28.4 Å². The molecule has 1 saturated carbocycles. The fourth-order valence-corrected chi connectivity index (χ4v) is 3.60. The minimum atomic E-state index is 0.0280. The first-order valence-corrected chi connectivity index (χ1v) is 9.14. The summed E-state index contributed by atoms with van der Waals surface area (Å²) < 4.78 is 5.36. The highest BCUT2D eigenvalue weighted by molar-refractivity contribution is 6.30. The van der Waals surface area contributed by atoms with Gasteiger partial charge in [0.2, 0.25) is 5.91 Å². The molecule has 4 nitrogen and oxygen atoms in total. The Labute approximate surface area is 157 Å². The van der Waals surface area contributed by atoms with Gasteiger partial charge in [-0.2, -0.15) is 0 Å². The molecule has 1 fully saturated rings. The number of aromatic amines is 1. The van der Waals surface area contributed by atoms with Gasteiger partial charge in [0.25, 0.3) is 0 Å². The van der Waals surface area contributed by atoms with E-state index in [4.69, 9.17) is 16.3 Å². The van der Waals surface area contributed by atoms with E-state index >= 15 is 0 Å². The molecule has 1 aromatic heterocycles. The first kappa shape index (κ1) is 17.0. The Balaban J connectivity index is 1.46. The standard InChI is InChI=1S/C21H21ClN2O2/c1-26-16-6-7-19-17(11-16)18(12-23-19)21(8-9-21)13-24-20(25)10-14-2-4-15(22)5-3-14/h2-7,11-12,23H,8-10,13H2,1H3,(H,24,25). The van der Waals surface area contributed by atoms with E-state index in [9.17, 15) is 4.79 Å². The lowest BCUT2D eigenvalue weighted by Crippen LogP contribution is -2.33. The molecule has 0 bridgehead atoms. The predicted molar refractivity (Wildman–Crippen MR) is 104 cm³/mol. The SMILES string of the molecule is COc1ccc2[nH]cc(C3(CNC(=O)Cc4ccc(Cl)cc4)CC3)c2c1. The molecule has 0 radical (unpaired) electrons. The van der Waals surface area contributed by atoms with E-state index in [0.717, 1.165) is 29.7 Å². The van der Waals surface area contributed by atoms with Crippen molar-refractivity contribution in [1.29, 1.82) is 0 Å². The van der Waals surface area contributed by atoms with Crippen LogP contribution in [0.4, 0.5) is 0 Å². The number of aromatic nitrogens is 1. The first-order chi connectivity index (χ1) is 12.6. The molecule has 0 atom stereocenters. The molecule has 26 heavy (non-hydrogen) atoms. The highest BCUT2D eigenvalue weighted by atomic mass is 35.5. The Morgan fingerprint density at radius 3 is 2.69 bits per heavy atom. The number of methoxy groups -OCH3 is 1. The number of carbonyl (C=O) groups is 1. The van der Waals surface area contributed by atoms with Crippen molar-refractivity contribution in [3.8, 4) is 5.75 Å². The van der Waals surface area contributed by atoms with Crippen LogP contribution in [0.1, 0.15) is 24.0 Å². The number of hydrogen-bond acceptors (Lipinski definition) is 2. The van der Waals surface area contributed by atoms with Crippen LogP contribution < -0.4 is 10.1 Å². The second-order valence-electron chi connectivity index (χ2n) is 6.97. The van der Waals surface area contributed by atoms with Crippen molar-refractivity contribution in [2.24, 2.45) is 0 Å². The number of carbonyl (C=O) groups excluding carboxylic acids is 1. The molecule has 0 aliphatic heterocycles. The zero-order chi connectivity index (χ0) is 18.1. The van der Waals surface area contributed by atoms with Crippen LogP contribution >= 0.6 is 11.6 Å². The zero-order valence-corrected chi connectivity index (χ0v) is 15.4. The number of amides is 1. The lowest BCUT2D eigenvalue weighted by molar-refractivity contribution is -0.120. The average Bonchev–Trinajstić information content (AvgIpc) is 3.32. The molecule has 3 aromatic rings. The highest BCUT2D eigenvalue weighted by Crippen LogP contribution is 2.50. The Kier molecular flexibility index (Phi) is 4.37. The van der Waals surface area contributed by atoms with Gasteiger partial charge in [-0.3, -0.25) is 4.79 Å². The van der Waals surface area contributed by atoms with Crippen molar-refractivity contribution in [1.82, 2.24) is 10.3 Å². The molecular formula is C21H21ClN2O2. The van der Waals surface area contributed by atoms with Crippen molar-refractivity contribution in [2.75, 3.05) is 13.7 Å². The summed E-state index contributed by atoms with van der Waals surface area (Å²) in [5.41, 5.74) is 3.35. The maximum Gasteiger partial charge on any atom is 0.224 e. The van der Waals surface area contributed by atoms with E-state index in [1.54, 1.807) is 7.11 Å². The van der Waals surface area contributed by atoms with Crippen LogP contribution in [-0.4, -0.2) is 24.5 Å². The molecule has 1 aliphatic rings. The fraction of sp³-hybridized carbons (Fsp3) is 0.286. The molecule has 2 aromatic carbocycles. The largest absolute Gasteiger partial charge is 0.497 e. The van der Waals surface area contributed by atoms with E-state index in [1.165, 1.54) is 10.9 Å². The van der Waals surface area contributed by atoms with Gasteiger partial charge in [-0.15, -0.1) is 0 Å². The number of benzene rings is 2. The second kappa shape index (κ2) is 6.69. The van der Waals surface area contributed by atoms with Crippen LogP contribution in [0, 0.1) is 0 Å². The summed E-state index contributed by atoms with van der Waals surface area (Å²) in [5.74, 6) is 0.886. The number of rotatable bonds is 6. The molecule has 1 aliphatic carbocycles. The van der Waals surface area contributed by atoms with Crippen molar-refractivity contribution in [3.05, 3.63) is 64.8 Å². The Bertz CT molecular complexity index is 942. The summed E-state index contributed by atoms with van der Waals surface area (Å²) in [5, 5.41) is 4.97. The van der Waals surface area contributed by atoms with Crippen LogP contribution in [0.25, 0.3) is 10.9 Å². The number of ether oxygens (including phenoxy) is 1. The molecule has 4 rings (SSSR count). The van der Waals surface area contributed by atoms with Crippen LogP contribution in [-0.2, 0) is 16.6 Å². The number of nitrogens with one attached hydrogen (secondary N) is 2. The van der Waals surface area contributed by atoms with E-state index in [2.05, 4.69) is 22.6 Å². The van der Waals surface area contributed by atoms with Crippen molar-refractivity contribution < 1.29 is 9.53 Å². The summed E-state index contributed by atoms with van der Waals surface area (Å²) in [4.78, 5) is 15.7. The molecule has 0 saturated heterocycles. The number of hydrogen-bond donors (Lipinski definition) is 2. The van der Waals surface area contributed by atoms with Gasteiger partial charge >= 0.3 is 0 Å². The quantitative estimate of drug-likeness (QED) is 0.684. The topological polar surface area (TPSA) is 54.1 Å². The summed E-state index contributed by atoms with van der Waals surface area (Å²) in [7, 11) is 1.68. The highest BCUT2D eigenvalue weighted by Gasteiger charge is 2.45. The van der Waals surface area contributed by atoms with Crippen LogP contribution in [0.5, 0.6) is 5.75 Å². The summed E-state index contributed by atoms with van der Waals surface area (Å²) in [6.45, 7) is 0.656. The lowest BCUT2D eigenvalue weighted by atomic mass is 9.95. The molecule has 2 N–H and O–H groups in total. The van der Waals surface area contributed by atoms with Crippen LogP contribution in [0.15, 0.2) is 48.7 Å². The van der Waals surface area contributed by atoms with Gasteiger partial charge < -0.3 is 15.0 Å². The molecule has 134 valence electrons. The summed E-state index contributed by atoms with van der Waals surface area (Å²) >= 11 is 5.89. The molecule has 5 heteroatoms. The van der Waals surface area contributed by atoms with Crippen LogP contribution in [0.3, 0.4) is 0 Å². The van der Waals surface area contributed by atoms with E-state index < -0.39 is 0 Å². The minimum Gasteiger partial charge on any atom is -0.497 e. The van der Waals surface area contributed by atoms with Crippen molar-refractivity contribution in [2.45, 2.75) is 24.7 Å². The first-order valence-electron chi connectivity index (χ1n) is 8.76. The van der Waals surface area contributed by atoms with Gasteiger partial charge in [-0.25, -0.2) is 0 Å². The van der Waals surface area contributed by atoms with Crippen LogP contribution in [0.2, 0.25) is 5.02 Å². The Morgan fingerprint density at radius 2 is 2.00 bits per heavy atom. The minimum absolute atomic E-state index is 0.0280. The monoisotopic (exact) mass is 368 g/mol. The smallest absolute Gasteiger partial charge is 0.224 e. The fourth-order valence-electron chi connectivity index (χ4n) is 3.48. The Hall–Kier alpha value is -2.46. The number of halogens is 1. The van der Waals surface area contributed by atoms with Gasteiger partial charge in [-0.05, 0) is 54.3 Å². The molecule has 1 heterocycles. The van der Waals surface area contributed by atoms with Gasteiger partial charge in [-0.1, -0.05) is 23.7 Å². The zero-order valence-electron chi connectivity index (χ0n) is 14.6. The lowest BCUT2D eigenvalue weighted by Gasteiger charge is -2.16. The van der Waals surface area contributed by atoms with Gasteiger partial charge in [0.15, 0.2) is 0 Å². The van der Waals surface area contributed by atoms with Gasteiger partial charge in [0.05, 0.1) is 13.5 Å². The van der Waals surface area contributed by atoms with Crippen molar-refractivity contribution in [3.63, 3.8) is 0 Å². The molecule has 0 spiro atoms. The number of H-pyrrole nitrogens is 1. The second-order valence-corrected chi connectivity index (χ2v) is 7.41. The van der Waals surface area contributed by atoms with E-state index in [-0.39, 0.29) is 11.3 Å². The maximum atomic E-state index is 12.3. The maximum absolute atomic E-state index is 12.3. The average molecular weight is 369 g/mol. The third kappa shape index (κ3) is 3.29. The molecule has 1 amide bonds. The number of fused-ring (bicyclic) bond motifs is 1. The third-order valence-corrected chi connectivity index (χ3v) is 5.47. The molecular weight excluding hydrogens is 348 g/mol. The molecule has 0 unspecified atom stereocenters. The predicted octanol–water partition coefficient (Wildman–Crippen LogP) is 4.22. The van der Waals surface area contributed by atoms with Gasteiger partial charge in [0.1, 0.15) is 5.75 Å². The normalized spacial score (nSPS) is 15.0. The summed E-state index contributed by atoms with van der Waals surface area (Å²) in [6, 6.07) is 13.5. The summed E-state index contributed by atoms with van der Waals surface area (Å²) in [6.07, 6.45) is 4.61. The van der Waals surface area contributed by atoms with E-state index in [1.807, 2.05) is 36.4 Å². The Morgan fingerprint density at radius 1 is 1.23 bits per heavy atom.